The van der Waals surface area contributed by atoms with Crippen molar-refractivity contribution in [3.05, 3.63) is 65.2 Å². The molecule has 1 aromatic carbocycles. The SMILES string of the molecule is CC(C)(C)NC(=O)NC(=O)COC(=O)c1c2c(nc3ccccc13)C(=Cc1ccco1)CC2. The van der Waals surface area contributed by atoms with Crippen LogP contribution >= 0.6 is 0 Å². The summed E-state index contributed by atoms with van der Waals surface area (Å²) in [4.78, 5) is 41.9. The Morgan fingerprint density at radius 1 is 1.12 bits per heavy atom. The molecule has 0 spiro atoms. The number of allylic oxidation sites excluding steroid dienone is 1. The fourth-order valence-corrected chi connectivity index (χ4v) is 3.80. The van der Waals surface area contributed by atoms with E-state index in [0.717, 1.165) is 16.8 Å². The second-order valence-corrected chi connectivity index (χ2v) is 8.84. The third-order valence-corrected chi connectivity index (χ3v) is 5.08. The minimum Gasteiger partial charge on any atom is -0.465 e. The first-order valence-corrected chi connectivity index (χ1v) is 10.7. The van der Waals surface area contributed by atoms with Crippen molar-refractivity contribution in [1.29, 1.82) is 0 Å². The number of para-hydroxylation sites is 1. The monoisotopic (exact) mass is 447 g/mol. The zero-order valence-corrected chi connectivity index (χ0v) is 18.7. The van der Waals surface area contributed by atoms with Gasteiger partial charge in [-0.3, -0.25) is 10.1 Å². The van der Waals surface area contributed by atoms with Gasteiger partial charge in [-0.05, 0) is 69.0 Å². The lowest BCUT2D eigenvalue weighted by Gasteiger charge is -2.20. The number of nitrogens with one attached hydrogen (secondary N) is 2. The van der Waals surface area contributed by atoms with E-state index in [2.05, 4.69) is 10.6 Å². The standard InChI is InChI=1S/C25H25N3O5/c1-25(2,3)28-24(31)27-20(29)14-33-23(30)21-17-8-4-5-9-19(17)26-22-15(10-11-18(21)22)13-16-7-6-12-32-16/h4-9,12-13H,10-11,14H2,1-3H3,(H2,27,28,29,31). The molecule has 1 aliphatic carbocycles. The topological polar surface area (TPSA) is 111 Å². The molecule has 3 amide bonds. The molecule has 170 valence electrons. The molecule has 1 aliphatic rings. The number of pyridine rings is 1. The summed E-state index contributed by atoms with van der Waals surface area (Å²) in [5.41, 5.74) is 3.03. The van der Waals surface area contributed by atoms with Crippen molar-refractivity contribution in [3.8, 4) is 0 Å². The van der Waals surface area contributed by atoms with Crippen LogP contribution in [0.25, 0.3) is 22.6 Å². The van der Waals surface area contributed by atoms with E-state index in [1.807, 2.05) is 42.5 Å². The summed E-state index contributed by atoms with van der Waals surface area (Å²) >= 11 is 0. The summed E-state index contributed by atoms with van der Waals surface area (Å²) in [7, 11) is 0. The largest absolute Gasteiger partial charge is 0.465 e. The van der Waals surface area contributed by atoms with Crippen LogP contribution in [0.4, 0.5) is 4.79 Å². The van der Waals surface area contributed by atoms with Crippen LogP contribution in [0.15, 0.2) is 47.1 Å². The second kappa shape index (κ2) is 8.90. The number of rotatable bonds is 4. The molecule has 0 bridgehead atoms. The van der Waals surface area contributed by atoms with Crippen molar-refractivity contribution in [3.63, 3.8) is 0 Å². The molecule has 2 heterocycles. The molecule has 3 aromatic rings. The fraction of sp³-hybridized carbons (Fsp3) is 0.280. The number of fused-ring (bicyclic) bond motifs is 2. The van der Waals surface area contributed by atoms with Crippen LogP contribution < -0.4 is 10.6 Å². The molecule has 4 rings (SSSR count). The molecule has 8 nitrogen and oxygen atoms in total. The number of aromatic nitrogens is 1. The number of furan rings is 1. The van der Waals surface area contributed by atoms with E-state index in [1.54, 1.807) is 27.0 Å². The minimum absolute atomic E-state index is 0.394. The zero-order chi connectivity index (χ0) is 23.6. The Morgan fingerprint density at radius 2 is 1.91 bits per heavy atom. The van der Waals surface area contributed by atoms with E-state index < -0.39 is 30.1 Å². The molecule has 0 aliphatic heterocycles. The fourth-order valence-electron chi connectivity index (χ4n) is 3.80. The van der Waals surface area contributed by atoms with E-state index in [0.29, 0.717) is 35.1 Å². The van der Waals surface area contributed by atoms with Crippen molar-refractivity contribution in [2.45, 2.75) is 39.2 Å². The average Bonchev–Trinajstić information content (AvgIpc) is 3.39. The third-order valence-electron chi connectivity index (χ3n) is 5.08. The van der Waals surface area contributed by atoms with Gasteiger partial charge in [-0.1, -0.05) is 18.2 Å². The number of benzene rings is 1. The number of imide groups is 1. The first-order valence-electron chi connectivity index (χ1n) is 10.7. The maximum absolute atomic E-state index is 13.1. The number of esters is 1. The number of urea groups is 1. The molecule has 8 heteroatoms. The van der Waals surface area contributed by atoms with Gasteiger partial charge in [-0.15, -0.1) is 0 Å². The zero-order valence-electron chi connectivity index (χ0n) is 18.7. The Balaban J connectivity index is 1.58. The Morgan fingerprint density at radius 3 is 2.64 bits per heavy atom. The number of hydrogen-bond donors (Lipinski definition) is 2. The molecular formula is C25H25N3O5. The smallest absolute Gasteiger partial charge is 0.339 e. The highest BCUT2D eigenvalue weighted by Crippen LogP contribution is 2.37. The van der Waals surface area contributed by atoms with Gasteiger partial charge >= 0.3 is 12.0 Å². The summed E-state index contributed by atoms with van der Waals surface area (Å²) in [6.07, 6.45) is 4.84. The normalized spacial score (nSPS) is 14.2. The molecule has 0 saturated heterocycles. The van der Waals surface area contributed by atoms with E-state index in [1.165, 1.54) is 0 Å². The van der Waals surface area contributed by atoms with Gasteiger partial charge in [0, 0.05) is 10.9 Å². The van der Waals surface area contributed by atoms with Gasteiger partial charge in [0.2, 0.25) is 0 Å². The van der Waals surface area contributed by atoms with Crippen molar-refractivity contribution in [2.75, 3.05) is 6.61 Å². The third kappa shape index (κ3) is 5.11. The number of hydrogen-bond acceptors (Lipinski definition) is 6. The molecule has 0 atom stereocenters. The lowest BCUT2D eigenvalue weighted by Crippen LogP contribution is -2.49. The lowest BCUT2D eigenvalue weighted by molar-refractivity contribution is -0.123. The molecule has 0 fully saturated rings. The predicted molar refractivity (Wildman–Crippen MR) is 123 cm³/mol. The first kappa shape index (κ1) is 22.3. The van der Waals surface area contributed by atoms with Crippen molar-refractivity contribution < 1.29 is 23.5 Å². The number of carbonyl (C=O) groups is 3. The van der Waals surface area contributed by atoms with Gasteiger partial charge in [0.05, 0.1) is 23.0 Å². The average molecular weight is 447 g/mol. The number of ether oxygens (including phenoxy) is 1. The molecule has 0 saturated carbocycles. The van der Waals surface area contributed by atoms with Crippen LogP contribution in [0.1, 0.15) is 54.6 Å². The van der Waals surface area contributed by atoms with E-state index in [9.17, 15) is 14.4 Å². The summed E-state index contributed by atoms with van der Waals surface area (Å²) < 4.78 is 10.7. The quantitative estimate of drug-likeness (QED) is 0.583. The minimum atomic E-state index is -0.710. The first-order chi connectivity index (χ1) is 15.7. The molecule has 0 radical (unpaired) electrons. The van der Waals surface area contributed by atoms with Gasteiger partial charge in [-0.25, -0.2) is 14.6 Å². The van der Waals surface area contributed by atoms with Crippen molar-refractivity contribution in [2.24, 2.45) is 0 Å². The van der Waals surface area contributed by atoms with E-state index in [-0.39, 0.29) is 0 Å². The summed E-state index contributed by atoms with van der Waals surface area (Å²) in [5.74, 6) is -0.629. The van der Waals surface area contributed by atoms with Gasteiger partial charge in [0.15, 0.2) is 6.61 Å². The number of nitrogens with zero attached hydrogens (tertiary/aromatic N) is 1. The number of carbonyl (C=O) groups excluding carboxylic acids is 3. The number of amides is 3. The summed E-state index contributed by atoms with van der Waals surface area (Å²) in [6.45, 7) is 4.80. The molecular weight excluding hydrogens is 422 g/mol. The molecule has 2 aromatic heterocycles. The maximum Gasteiger partial charge on any atom is 0.339 e. The Labute approximate surface area is 191 Å². The maximum atomic E-state index is 13.1. The highest BCUT2D eigenvalue weighted by Gasteiger charge is 2.28. The Bertz CT molecular complexity index is 1250. The molecule has 33 heavy (non-hydrogen) atoms. The van der Waals surface area contributed by atoms with Crippen LogP contribution in [-0.4, -0.2) is 35.0 Å². The molecule has 0 unspecified atom stereocenters. The van der Waals surface area contributed by atoms with Crippen LogP contribution in [0, 0.1) is 0 Å². The predicted octanol–water partition coefficient (Wildman–Crippen LogP) is 4.10. The van der Waals surface area contributed by atoms with Crippen LogP contribution in [-0.2, 0) is 16.0 Å². The van der Waals surface area contributed by atoms with E-state index in [4.69, 9.17) is 14.1 Å². The van der Waals surface area contributed by atoms with Gasteiger partial charge < -0.3 is 14.5 Å². The van der Waals surface area contributed by atoms with Gasteiger partial charge in [-0.2, -0.15) is 0 Å². The molecule has 2 N–H and O–H groups in total. The lowest BCUT2D eigenvalue weighted by atomic mass is 10.0. The summed E-state index contributed by atoms with van der Waals surface area (Å²) in [6, 6.07) is 10.3. The van der Waals surface area contributed by atoms with Crippen molar-refractivity contribution in [1.82, 2.24) is 15.6 Å². The Hall–Kier alpha value is -3.94. The van der Waals surface area contributed by atoms with Gasteiger partial charge in [0.1, 0.15) is 5.76 Å². The van der Waals surface area contributed by atoms with Crippen LogP contribution in [0.5, 0.6) is 0 Å². The highest BCUT2D eigenvalue weighted by molar-refractivity contribution is 6.08. The van der Waals surface area contributed by atoms with Crippen molar-refractivity contribution >= 4 is 40.5 Å². The van der Waals surface area contributed by atoms with Crippen LogP contribution in [0.2, 0.25) is 0 Å². The second-order valence-electron chi connectivity index (χ2n) is 8.84. The van der Waals surface area contributed by atoms with Gasteiger partial charge in [0.25, 0.3) is 5.91 Å². The Kier molecular flexibility index (Phi) is 6.00. The van der Waals surface area contributed by atoms with Crippen LogP contribution in [0.3, 0.4) is 0 Å². The highest BCUT2D eigenvalue weighted by atomic mass is 16.5. The summed E-state index contributed by atoms with van der Waals surface area (Å²) in [5, 5.41) is 5.44. The van der Waals surface area contributed by atoms with E-state index >= 15 is 0 Å².